The Morgan fingerprint density at radius 1 is 1.19 bits per heavy atom. The molecule has 8 heteroatoms. The third kappa shape index (κ3) is 7.01. The molecule has 8 nitrogen and oxygen atoms in total. The van der Waals surface area contributed by atoms with Gasteiger partial charge in [0.25, 0.3) is 5.91 Å². The summed E-state index contributed by atoms with van der Waals surface area (Å²) >= 11 is 0. The van der Waals surface area contributed by atoms with Gasteiger partial charge in [0, 0.05) is 25.2 Å². The van der Waals surface area contributed by atoms with Crippen LogP contribution in [0.5, 0.6) is 0 Å². The quantitative estimate of drug-likeness (QED) is 0.525. The second-order valence-electron chi connectivity index (χ2n) is 6.24. The minimum atomic E-state index is -0.686. The number of amides is 2. The average molecular weight is 371 g/mol. The minimum absolute atomic E-state index is 0.245. The Kier molecular flexibility index (Phi) is 8.15. The molecule has 2 heterocycles. The van der Waals surface area contributed by atoms with Gasteiger partial charge in [0.15, 0.2) is 0 Å². The molecule has 0 saturated carbocycles. The van der Waals surface area contributed by atoms with Crippen LogP contribution in [0.15, 0.2) is 36.9 Å². The van der Waals surface area contributed by atoms with Crippen molar-refractivity contribution in [2.24, 2.45) is 0 Å². The molecular formula is C19H25N5O3. The second-order valence-corrected chi connectivity index (χ2v) is 6.24. The molecule has 0 spiro atoms. The van der Waals surface area contributed by atoms with E-state index in [9.17, 15) is 14.4 Å². The third-order valence-corrected chi connectivity index (χ3v) is 4.15. The maximum absolute atomic E-state index is 12.6. The molecule has 0 aliphatic carbocycles. The smallest absolute Gasteiger partial charge is 0.255 e. The van der Waals surface area contributed by atoms with E-state index in [4.69, 9.17) is 0 Å². The van der Waals surface area contributed by atoms with Crippen molar-refractivity contribution in [3.8, 4) is 0 Å². The highest BCUT2D eigenvalue weighted by molar-refractivity contribution is 6.00. The van der Waals surface area contributed by atoms with Crippen LogP contribution in [0.1, 0.15) is 55.8 Å². The number of anilines is 1. The van der Waals surface area contributed by atoms with Crippen LogP contribution < -0.4 is 10.6 Å². The molecule has 0 bridgehead atoms. The zero-order valence-corrected chi connectivity index (χ0v) is 15.4. The molecule has 0 aliphatic heterocycles. The van der Waals surface area contributed by atoms with E-state index in [1.54, 1.807) is 24.5 Å². The molecule has 3 N–H and O–H groups in total. The van der Waals surface area contributed by atoms with Gasteiger partial charge in [0.05, 0.1) is 23.6 Å². The summed E-state index contributed by atoms with van der Waals surface area (Å²) in [6, 6.07) is 2.77. The summed E-state index contributed by atoms with van der Waals surface area (Å²) in [5.41, 5.74) is 0.932. The molecule has 0 unspecified atom stereocenters. The summed E-state index contributed by atoms with van der Waals surface area (Å²) in [5.74, 6) is -0.421. The van der Waals surface area contributed by atoms with E-state index in [0.29, 0.717) is 30.5 Å². The Balaban J connectivity index is 1.91. The Bertz CT molecular complexity index is 731. The SMILES string of the molecule is CCC(=O)CCCCC[C@H](NC(=O)c1cn[nH]c1)C(=O)Nc1cccnc1. The number of Topliss-reactive ketones (excluding diaryl/α,β-unsaturated/α-hetero) is 1. The largest absolute Gasteiger partial charge is 0.340 e. The van der Waals surface area contributed by atoms with E-state index < -0.39 is 6.04 Å². The third-order valence-electron chi connectivity index (χ3n) is 4.15. The summed E-state index contributed by atoms with van der Waals surface area (Å²) in [4.78, 5) is 40.2. The maximum Gasteiger partial charge on any atom is 0.255 e. The number of hydrogen-bond donors (Lipinski definition) is 3. The molecular weight excluding hydrogens is 346 g/mol. The summed E-state index contributed by atoms with van der Waals surface area (Å²) < 4.78 is 0. The predicted molar refractivity (Wildman–Crippen MR) is 101 cm³/mol. The zero-order valence-electron chi connectivity index (χ0n) is 15.4. The van der Waals surface area contributed by atoms with Crippen LogP contribution in [-0.2, 0) is 9.59 Å². The highest BCUT2D eigenvalue weighted by Gasteiger charge is 2.21. The standard InChI is InChI=1S/C19H25N5O3/c1-2-16(25)8-4-3-5-9-17(24-18(26)14-11-21-22-12-14)19(27)23-15-7-6-10-20-13-15/h6-7,10-13,17H,2-5,8-9H2,1H3,(H,21,22)(H,23,27)(H,24,26)/t17-/m0/s1. The minimum Gasteiger partial charge on any atom is -0.340 e. The van der Waals surface area contributed by atoms with Crippen LogP contribution in [0, 0.1) is 0 Å². The average Bonchev–Trinajstić information content (AvgIpc) is 3.22. The second kappa shape index (κ2) is 10.8. The van der Waals surface area contributed by atoms with Crippen LogP contribution in [0.3, 0.4) is 0 Å². The molecule has 27 heavy (non-hydrogen) atoms. The number of nitrogens with zero attached hydrogens (tertiary/aromatic N) is 2. The van der Waals surface area contributed by atoms with Gasteiger partial charge in [-0.15, -0.1) is 0 Å². The molecule has 0 fully saturated rings. The lowest BCUT2D eigenvalue weighted by atomic mass is 10.0. The maximum atomic E-state index is 12.6. The van der Waals surface area contributed by atoms with Gasteiger partial charge in [0.1, 0.15) is 11.8 Å². The Labute approximate surface area is 158 Å². The lowest BCUT2D eigenvalue weighted by Crippen LogP contribution is -2.43. The van der Waals surface area contributed by atoms with Gasteiger partial charge >= 0.3 is 0 Å². The first-order chi connectivity index (χ1) is 13.1. The summed E-state index contributed by atoms with van der Waals surface area (Å²) in [7, 11) is 0. The Morgan fingerprint density at radius 3 is 2.70 bits per heavy atom. The summed E-state index contributed by atoms with van der Waals surface area (Å²) in [5, 5.41) is 11.8. The molecule has 0 aromatic carbocycles. The first-order valence-electron chi connectivity index (χ1n) is 9.12. The first-order valence-corrected chi connectivity index (χ1v) is 9.12. The number of hydrogen-bond acceptors (Lipinski definition) is 5. The number of aromatic nitrogens is 3. The van der Waals surface area contributed by atoms with Gasteiger partial charge < -0.3 is 10.6 Å². The molecule has 2 amide bonds. The lowest BCUT2D eigenvalue weighted by Gasteiger charge is -2.18. The molecule has 2 aromatic rings. The normalized spacial score (nSPS) is 11.6. The van der Waals surface area contributed by atoms with Crippen molar-refractivity contribution in [1.29, 1.82) is 0 Å². The first kappa shape index (κ1) is 20.3. The van der Waals surface area contributed by atoms with Crippen molar-refractivity contribution in [2.75, 3.05) is 5.32 Å². The van der Waals surface area contributed by atoms with Crippen LogP contribution in [-0.4, -0.2) is 38.8 Å². The van der Waals surface area contributed by atoms with Gasteiger partial charge in [0.2, 0.25) is 5.91 Å². The molecule has 0 aliphatic rings. The Hall–Kier alpha value is -3.03. The topological polar surface area (TPSA) is 117 Å². The van der Waals surface area contributed by atoms with Crippen molar-refractivity contribution < 1.29 is 14.4 Å². The van der Waals surface area contributed by atoms with Gasteiger partial charge in [-0.25, -0.2) is 0 Å². The van der Waals surface area contributed by atoms with Crippen molar-refractivity contribution >= 4 is 23.3 Å². The lowest BCUT2D eigenvalue weighted by molar-refractivity contribution is -0.119. The van der Waals surface area contributed by atoms with E-state index in [2.05, 4.69) is 25.8 Å². The fourth-order valence-corrected chi connectivity index (χ4v) is 2.58. The number of rotatable bonds is 11. The van der Waals surface area contributed by atoms with Crippen molar-refractivity contribution in [3.63, 3.8) is 0 Å². The van der Waals surface area contributed by atoms with Gasteiger partial charge in [-0.1, -0.05) is 19.8 Å². The van der Waals surface area contributed by atoms with Crippen LogP contribution in [0.4, 0.5) is 5.69 Å². The number of carbonyl (C=O) groups excluding carboxylic acids is 3. The summed E-state index contributed by atoms with van der Waals surface area (Å²) in [6.45, 7) is 1.85. The molecule has 2 rings (SSSR count). The number of unbranched alkanes of at least 4 members (excludes halogenated alkanes) is 2. The Morgan fingerprint density at radius 2 is 2.04 bits per heavy atom. The molecule has 0 radical (unpaired) electrons. The highest BCUT2D eigenvalue weighted by atomic mass is 16.2. The van der Waals surface area contributed by atoms with Crippen molar-refractivity contribution in [3.05, 3.63) is 42.5 Å². The predicted octanol–water partition coefficient (Wildman–Crippen LogP) is 2.47. The molecule has 2 aromatic heterocycles. The molecule has 1 atom stereocenters. The van der Waals surface area contributed by atoms with Gasteiger partial charge in [-0.3, -0.25) is 24.5 Å². The molecule has 0 saturated heterocycles. The number of nitrogens with one attached hydrogen (secondary N) is 3. The van der Waals surface area contributed by atoms with Crippen LogP contribution in [0.25, 0.3) is 0 Å². The molecule has 144 valence electrons. The number of pyridine rings is 1. The van der Waals surface area contributed by atoms with E-state index >= 15 is 0 Å². The number of carbonyl (C=O) groups is 3. The van der Waals surface area contributed by atoms with Crippen LogP contribution in [0.2, 0.25) is 0 Å². The van der Waals surface area contributed by atoms with Crippen molar-refractivity contribution in [2.45, 2.75) is 51.5 Å². The van der Waals surface area contributed by atoms with Gasteiger partial charge in [-0.2, -0.15) is 5.10 Å². The number of H-pyrrole nitrogens is 1. The van der Waals surface area contributed by atoms with E-state index in [-0.39, 0.29) is 17.6 Å². The van der Waals surface area contributed by atoms with E-state index in [1.165, 1.54) is 12.4 Å². The van der Waals surface area contributed by atoms with E-state index in [0.717, 1.165) is 19.3 Å². The summed E-state index contributed by atoms with van der Waals surface area (Å²) in [6.07, 6.45) is 9.98. The highest BCUT2D eigenvalue weighted by Crippen LogP contribution is 2.11. The van der Waals surface area contributed by atoms with E-state index in [1.807, 2.05) is 6.92 Å². The number of ketones is 1. The fraction of sp³-hybridized carbons (Fsp3) is 0.421. The number of aromatic amines is 1. The van der Waals surface area contributed by atoms with Crippen LogP contribution >= 0.6 is 0 Å². The zero-order chi connectivity index (χ0) is 19.5. The fourth-order valence-electron chi connectivity index (χ4n) is 2.58. The van der Waals surface area contributed by atoms with Crippen molar-refractivity contribution in [1.82, 2.24) is 20.5 Å². The van der Waals surface area contributed by atoms with Gasteiger partial charge in [-0.05, 0) is 25.0 Å². The monoisotopic (exact) mass is 371 g/mol.